The number of halogens is 1. The number of aromatic nitrogens is 2. The Morgan fingerprint density at radius 1 is 1.09 bits per heavy atom. The van der Waals surface area contributed by atoms with E-state index in [4.69, 9.17) is 25.8 Å². The molecule has 2 aromatic carbocycles. The molecule has 1 unspecified atom stereocenters. The highest BCUT2D eigenvalue weighted by molar-refractivity contribution is 6.33. The van der Waals surface area contributed by atoms with Crippen LogP contribution in [0.3, 0.4) is 0 Å². The molecule has 9 heteroatoms. The van der Waals surface area contributed by atoms with Crippen molar-refractivity contribution in [2.45, 2.75) is 18.9 Å². The second kappa shape index (κ2) is 10.2. The van der Waals surface area contributed by atoms with Gasteiger partial charge in [-0.15, -0.1) is 0 Å². The molecular formula is C23H27ClN4O4. The highest BCUT2D eigenvalue weighted by Crippen LogP contribution is 2.36. The number of aliphatic hydroxyl groups is 1. The van der Waals surface area contributed by atoms with Gasteiger partial charge in [-0.25, -0.2) is 9.97 Å². The Labute approximate surface area is 192 Å². The number of ether oxygens (including phenoxy) is 3. The molecule has 8 nitrogen and oxygen atoms in total. The molecule has 4 rings (SSSR count). The lowest BCUT2D eigenvalue weighted by Crippen LogP contribution is -2.33. The number of nitrogens with zero attached hydrogens (tertiary/aromatic N) is 3. The average molecular weight is 459 g/mol. The first-order valence-electron chi connectivity index (χ1n) is 10.5. The Hall–Kier alpha value is -2.81. The number of benzene rings is 2. The molecule has 0 radical (unpaired) electrons. The van der Waals surface area contributed by atoms with Crippen molar-refractivity contribution in [2.75, 3.05) is 45.8 Å². The lowest BCUT2D eigenvalue weighted by molar-refractivity contribution is 0.0747. The number of rotatable bonds is 9. The number of methoxy groups -OCH3 is 2. The van der Waals surface area contributed by atoms with E-state index in [0.29, 0.717) is 45.8 Å². The molecule has 0 aliphatic carbocycles. The topological polar surface area (TPSA) is 89.0 Å². The number of β-amino-alcohol motifs (C(OH)–C–C–N with tert-alkyl or cyclic N) is 1. The summed E-state index contributed by atoms with van der Waals surface area (Å²) in [6, 6.07) is 8.94. The number of hydrogen-bond donors (Lipinski definition) is 2. The van der Waals surface area contributed by atoms with Gasteiger partial charge in [0.25, 0.3) is 0 Å². The van der Waals surface area contributed by atoms with Gasteiger partial charge in [-0.05, 0) is 44.1 Å². The molecule has 2 heterocycles. The molecule has 1 saturated heterocycles. The van der Waals surface area contributed by atoms with Crippen LogP contribution in [0, 0.1) is 0 Å². The highest BCUT2D eigenvalue weighted by Gasteiger charge is 2.18. The van der Waals surface area contributed by atoms with E-state index in [1.807, 2.05) is 6.07 Å². The first-order chi connectivity index (χ1) is 15.6. The van der Waals surface area contributed by atoms with Crippen LogP contribution in [0.25, 0.3) is 10.9 Å². The molecule has 0 saturated carbocycles. The van der Waals surface area contributed by atoms with Crippen molar-refractivity contribution >= 4 is 34.0 Å². The molecule has 1 aliphatic rings. The van der Waals surface area contributed by atoms with Gasteiger partial charge in [0.05, 0.1) is 30.4 Å². The van der Waals surface area contributed by atoms with Crippen LogP contribution in [0.2, 0.25) is 5.02 Å². The summed E-state index contributed by atoms with van der Waals surface area (Å²) in [6.07, 6.45) is 3.26. The van der Waals surface area contributed by atoms with Crippen LogP contribution in [0.1, 0.15) is 12.8 Å². The number of nitrogens with one attached hydrogen (secondary N) is 1. The quantitative estimate of drug-likeness (QED) is 0.499. The number of fused-ring (bicyclic) bond motifs is 1. The second-order valence-corrected chi connectivity index (χ2v) is 8.09. The van der Waals surface area contributed by atoms with E-state index < -0.39 is 6.10 Å². The van der Waals surface area contributed by atoms with Gasteiger partial charge in [-0.1, -0.05) is 11.6 Å². The normalized spacial score (nSPS) is 15.0. The van der Waals surface area contributed by atoms with E-state index in [2.05, 4.69) is 20.2 Å². The summed E-state index contributed by atoms with van der Waals surface area (Å²) in [6.45, 7) is 2.84. The third-order valence-corrected chi connectivity index (χ3v) is 5.78. The molecule has 1 aromatic heterocycles. The Kier molecular flexibility index (Phi) is 7.14. The van der Waals surface area contributed by atoms with Crippen LogP contribution in [0.4, 0.5) is 11.5 Å². The predicted octanol–water partition coefficient (Wildman–Crippen LogP) is 3.88. The fraction of sp³-hybridized carbons (Fsp3) is 0.391. The van der Waals surface area contributed by atoms with Crippen molar-refractivity contribution in [1.82, 2.24) is 14.9 Å². The minimum absolute atomic E-state index is 0.175. The first kappa shape index (κ1) is 22.4. The van der Waals surface area contributed by atoms with Gasteiger partial charge in [0.1, 0.15) is 30.6 Å². The van der Waals surface area contributed by atoms with Crippen LogP contribution in [0.5, 0.6) is 17.2 Å². The zero-order chi connectivity index (χ0) is 22.5. The summed E-state index contributed by atoms with van der Waals surface area (Å²) in [5.41, 5.74) is 1.33. The monoisotopic (exact) mass is 458 g/mol. The van der Waals surface area contributed by atoms with Crippen molar-refractivity contribution in [2.24, 2.45) is 0 Å². The zero-order valence-corrected chi connectivity index (χ0v) is 18.9. The van der Waals surface area contributed by atoms with Crippen molar-refractivity contribution in [1.29, 1.82) is 0 Å². The molecule has 1 aliphatic heterocycles. The molecule has 0 spiro atoms. The Morgan fingerprint density at radius 3 is 2.66 bits per heavy atom. The maximum atomic E-state index is 10.4. The van der Waals surface area contributed by atoms with Crippen molar-refractivity contribution in [3.63, 3.8) is 0 Å². The largest absolute Gasteiger partial charge is 0.497 e. The van der Waals surface area contributed by atoms with E-state index in [1.54, 1.807) is 38.5 Å². The fourth-order valence-corrected chi connectivity index (χ4v) is 3.96. The third kappa shape index (κ3) is 5.15. The fourth-order valence-electron chi connectivity index (χ4n) is 3.79. The zero-order valence-electron chi connectivity index (χ0n) is 18.2. The lowest BCUT2D eigenvalue weighted by Gasteiger charge is -2.20. The second-order valence-electron chi connectivity index (χ2n) is 7.69. The maximum absolute atomic E-state index is 10.4. The van der Waals surface area contributed by atoms with E-state index in [1.165, 1.54) is 19.2 Å². The summed E-state index contributed by atoms with van der Waals surface area (Å²) >= 11 is 6.34. The summed E-state index contributed by atoms with van der Waals surface area (Å²) in [4.78, 5) is 11.0. The van der Waals surface area contributed by atoms with Crippen LogP contribution in [0.15, 0.2) is 36.7 Å². The van der Waals surface area contributed by atoms with Gasteiger partial charge in [0.15, 0.2) is 11.5 Å². The molecular weight excluding hydrogens is 432 g/mol. The molecule has 0 bridgehead atoms. The Balaban J connectivity index is 1.55. The predicted molar refractivity (Wildman–Crippen MR) is 125 cm³/mol. The van der Waals surface area contributed by atoms with Crippen molar-refractivity contribution < 1.29 is 19.3 Å². The van der Waals surface area contributed by atoms with Gasteiger partial charge >= 0.3 is 0 Å². The summed E-state index contributed by atoms with van der Waals surface area (Å²) in [5, 5.41) is 14.9. The van der Waals surface area contributed by atoms with Crippen molar-refractivity contribution in [3.8, 4) is 17.2 Å². The molecule has 0 amide bonds. The summed E-state index contributed by atoms with van der Waals surface area (Å²) in [5.74, 6) is 2.30. The first-order valence-corrected chi connectivity index (χ1v) is 10.9. The van der Waals surface area contributed by atoms with Crippen LogP contribution >= 0.6 is 11.6 Å². The number of hydrogen-bond acceptors (Lipinski definition) is 8. The van der Waals surface area contributed by atoms with Gasteiger partial charge < -0.3 is 29.5 Å². The van der Waals surface area contributed by atoms with E-state index in [-0.39, 0.29) is 6.61 Å². The van der Waals surface area contributed by atoms with Crippen molar-refractivity contribution in [3.05, 3.63) is 41.7 Å². The molecule has 3 aromatic rings. The van der Waals surface area contributed by atoms with E-state index in [0.717, 1.165) is 18.5 Å². The van der Waals surface area contributed by atoms with Crippen LogP contribution in [-0.2, 0) is 0 Å². The summed E-state index contributed by atoms with van der Waals surface area (Å²) in [7, 11) is 3.17. The highest BCUT2D eigenvalue weighted by atomic mass is 35.5. The standard InChI is InChI=1S/C23H27ClN4O4/c1-30-16-5-6-18(24)20(9-16)27-23-17-10-21(31-2)22(11-19(17)25-14-26-23)32-13-15(29)12-28-7-3-4-8-28/h5-6,9-11,14-15,29H,3-4,7-8,12-13H2,1-2H3,(H,25,26,27). The summed E-state index contributed by atoms with van der Waals surface area (Å²) < 4.78 is 16.7. The van der Waals surface area contributed by atoms with Gasteiger partial charge in [0.2, 0.25) is 0 Å². The number of likely N-dealkylation sites (tertiary alicyclic amines) is 1. The third-order valence-electron chi connectivity index (χ3n) is 5.45. The maximum Gasteiger partial charge on any atom is 0.163 e. The molecule has 170 valence electrons. The molecule has 32 heavy (non-hydrogen) atoms. The minimum Gasteiger partial charge on any atom is -0.497 e. The van der Waals surface area contributed by atoms with Gasteiger partial charge in [0, 0.05) is 24.1 Å². The lowest BCUT2D eigenvalue weighted by atomic mass is 10.2. The van der Waals surface area contributed by atoms with Crippen LogP contribution < -0.4 is 19.5 Å². The minimum atomic E-state index is -0.577. The molecule has 2 N–H and O–H groups in total. The van der Waals surface area contributed by atoms with Crippen LogP contribution in [-0.4, -0.2) is 66.5 Å². The Morgan fingerprint density at radius 2 is 1.91 bits per heavy atom. The molecule has 1 atom stereocenters. The number of aliphatic hydroxyl groups excluding tert-OH is 1. The average Bonchev–Trinajstić information content (AvgIpc) is 3.31. The van der Waals surface area contributed by atoms with Gasteiger partial charge in [-0.2, -0.15) is 0 Å². The van der Waals surface area contributed by atoms with E-state index >= 15 is 0 Å². The van der Waals surface area contributed by atoms with E-state index in [9.17, 15) is 5.11 Å². The number of anilines is 2. The smallest absolute Gasteiger partial charge is 0.163 e. The SMILES string of the molecule is COc1ccc(Cl)c(Nc2ncnc3cc(OCC(O)CN4CCCC4)c(OC)cc23)c1. The molecule has 1 fully saturated rings. The van der Waals surface area contributed by atoms with Gasteiger partial charge in [-0.3, -0.25) is 0 Å². The Bertz CT molecular complexity index is 1080.